The Balaban J connectivity index is 2.15. The number of carbonyl (C=O) groups is 1. The summed E-state index contributed by atoms with van der Waals surface area (Å²) >= 11 is 1.45. The third-order valence-electron chi connectivity index (χ3n) is 4.97. The first-order valence-corrected chi connectivity index (χ1v) is 11.9. The largest absolute Gasteiger partial charge is 0.315 e. The fraction of sp³-hybridized carbons (Fsp3) is 0.579. The molecular weight excluding hydrogens is 368 g/mol. The van der Waals surface area contributed by atoms with E-state index >= 15 is 0 Å². The molecule has 0 aromatic heterocycles. The molecule has 26 heavy (non-hydrogen) atoms. The summed E-state index contributed by atoms with van der Waals surface area (Å²) in [4.78, 5) is 18.7. The van der Waals surface area contributed by atoms with Crippen LogP contribution < -0.4 is 4.90 Å². The average molecular weight is 395 g/mol. The highest BCUT2D eigenvalue weighted by Crippen LogP contribution is 2.43. The minimum Gasteiger partial charge on any atom is -0.315 e. The molecule has 5 nitrogen and oxygen atoms in total. The van der Waals surface area contributed by atoms with E-state index in [0.717, 1.165) is 18.5 Å². The van der Waals surface area contributed by atoms with Gasteiger partial charge in [0, 0.05) is 16.9 Å². The number of para-hydroxylation sites is 1. The Hall–Kier alpha value is -1.34. The summed E-state index contributed by atoms with van der Waals surface area (Å²) in [5.74, 6) is -0.0573. The number of fused-ring (bicyclic) bond motifs is 1. The monoisotopic (exact) mass is 394 g/mol. The smallest absolute Gasteiger partial charge is 0.250 e. The number of aryl methyl sites for hydroxylation is 2. The van der Waals surface area contributed by atoms with Crippen LogP contribution in [0.4, 0.5) is 5.69 Å². The maximum Gasteiger partial charge on any atom is 0.250 e. The van der Waals surface area contributed by atoms with Crippen molar-refractivity contribution >= 4 is 38.4 Å². The lowest BCUT2D eigenvalue weighted by Crippen LogP contribution is -2.39. The molecule has 142 valence electrons. The third-order valence-corrected chi connectivity index (χ3v) is 8.18. The van der Waals surface area contributed by atoms with Gasteiger partial charge in [0.1, 0.15) is 0 Å². The lowest BCUT2D eigenvalue weighted by Gasteiger charge is -2.29. The van der Waals surface area contributed by atoms with Gasteiger partial charge in [0.05, 0.1) is 17.5 Å². The Morgan fingerprint density at radius 1 is 1.23 bits per heavy atom. The van der Waals surface area contributed by atoms with Crippen molar-refractivity contribution in [1.29, 1.82) is 0 Å². The predicted molar refractivity (Wildman–Crippen MR) is 109 cm³/mol. The molecule has 2 aliphatic heterocycles. The van der Waals surface area contributed by atoms with Crippen molar-refractivity contribution in [2.45, 2.75) is 51.8 Å². The number of hydrogen-bond donors (Lipinski definition) is 0. The quantitative estimate of drug-likeness (QED) is 0.785. The molecular formula is C19H26N2O3S2. The van der Waals surface area contributed by atoms with E-state index in [1.165, 1.54) is 22.9 Å². The number of anilines is 1. The topological polar surface area (TPSA) is 66.8 Å². The zero-order valence-electron chi connectivity index (χ0n) is 15.7. The first-order chi connectivity index (χ1) is 12.3. The summed E-state index contributed by atoms with van der Waals surface area (Å²) in [6.45, 7) is 7.86. The molecule has 1 amide bonds. The van der Waals surface area contributed by atoms with Crippen molar-refractivity contribution < 1.29 is 13.2 Å². The Kier molecular flexibility index (Phi) is 5.49. The molecule has 7 heteroatoms. The average Bonchev–Trinajstić information content (AvgIpc) is 3.04. The zero-order chi connectivity index (χ0) is 19.1. The van der Waals surface area contributed by atoms with Gasteiger partial charge in [0.15, 0.2) is 15.0 Å². The second-order valence-electron chi connectivity index (χ2n) is 7.19. The highest BCUT2D eigenvalue weighted by molar-refractivity contribution is 8.16. The normalized spacial score (nSPS) is 25.9. The van der Waals surface area contributed by atoms with Crippen LogP contribution in [0.2, 0.25) is 0 Å². The van der Waals surface area contributed by atoms with E-state index in [2.05, 4.69) is 35.9 Å². The molecule has 1 aromatic rings. The van der Waals surface area contributed by atoms with Crippen LogP contribution in [-0.4, -0.2) is 42.3 Å². The lowest BCUT2D eigenvalue weighted by atomic mass is 10.0. The second-order valence-corrected chi connectivity index (χ2v) is 10.6. The molecule has 0 spiro atoms. The molecule has 1 aromatic carbocycles. The van der Waals surface area contributed by atoms with Gasteiger partial charge in [-0.3, -0.25) is 4.79 Å². The summed E-state index contributed by atoms with van der Waals surface area (Å²) in [7, 11) is -3.06. The maximum atomic E-state index is 12.3. The number of aliphatic imine (C=N–C) groups is 1. The number of thioether (sulfide) groups is 1. The van der Waals surface area contributed by atoms with Gasteiger partial charge in [-0.05, 0) is 24.0 Å². The van der Waals surface area contributed by atoms with E-state index in [1.807, 2.05) is 19.9 Å². The SMILES string of the molecule is CCc1cccc(CC)c1N1C(=NC(=O)C(C)C)S[C@H]2CS(=O)(=O)C[C@H]21. The fourth-order valence-corrected chi connectivity index (χ4v) is 7.48. The van der Waals surface area contributed by atoms with E-state index in [1.54, 1.807) is 0 Å². The van der Waals surface area contributed by atoms with Crippen LogP contribution >= 0.6 is 11.8 Å². The van der Waals surface area contributed by atoms with E-state index in [0.29, 0.717) is 5.17 Å². The maximum absolute atomic E-state index is 12.3. The third kappa shape index (κ3) is 3.56. The van der Waals surface area contributed by atoms with E-state index in [9.17, 15) is 13.2 Å². The molecule has 2 aliphatic rings. The number of carbonyl (C=O) groups excluding carboxylic acids is 1. The van der Waals surface area contributed by atoms with Gasteiger partial charge in [0.25, 0.3) is 5.91 Å². The van der Waals surface area contributed by atoms with Crippen molar-refractivity contribution in [3.63, 3.8) is 0 Å². The van der Waals surface area contributed by atoms with E-state index in [4.69, 9.17) is 0 Å². The van der Waals surface area contributed by atoms with Crippen LogP contribution in [-0.2, 0) is 27.5 Å². The molecule has 0 saturated carbocycles. The van der Waals surface area contributed by atoms with Crippen molar-refractivity contribution in [1.82, 2.24) is 0 Å². The summed E-state index contributed by atoms with van der Waals surface area (Å²) in [5.41, 5.74) is 3.38. The molecule has 0 bridgehead atoms. The van der Waals surface area contributed by atoms with E-state index in [-0.39, 0.29) is 34.6 Å². The van der Waals surface area contributed by atoms with Crippen molar-refractivity contribution in [3.8, 4) is 0 Å². The molecule has 0 aliphatic carbocycles. The number of benzene rings is 1. The summed E-state index contributed by atoms with van der Waals surface area (Å²) in [6.07, 6.45) is 1.69. The number of sulfone groups is 1. The molecule has 2 atom stereocenters. The highest BCUT2D eigenvalue weighted by atomic mass is 32.2. The van der Waals surface area contributed by atoms with Gasteiger partial charge < -0.3 is 4.90 Å². The van der Waals surface area contributed by atoms with Crippen LogP contribution in [0.25, 0.3) is 0 Å². The standard InChI is InChI=1S/C19H26N2O3S2/c1-5-13-8-7-9-14(6-2)17(13)21-15-10-26(23,24)11-16(15)25-19(21)20-18(22)12(3)4/h7-9,12,15-16H,5-6,10-11H2,1-4H3/t15-,16+/m1/s1. The number of amides is 1. The minimum absolute atomic E-state index is 0.0617. The Morgan fingerprint density at radius 2 is 1.85 bits per heavy atom. The molecule has 3 rings (SSSR count). The fourth-order valence-electron chi connectivity index (χ4n) is 3.57. The lowest BCUT2D eigenvalue weighted by molar-refractivity contribution is -0.120. The molecule has 2 heterocycles. The number of hydrogen-bond acceptors (Lipinski definition) is 4. The second kappa shape index (κ2) is 7.35. The molecule has 2 saturated heterocycles. The van der Waals surface area contributed by atoms with Crippen molar-refractivity contribution in [3.05, 3.63) is 29.3 Å². The number of rotatable bonds is 4. The van der Waals surface area contributed by atoms with Crippen LogP contribution in [0.3, 0.4) is 0 Å². The molecule has 0 unspecified atom stereocenters. The van der Waals surface area contributed by atoms with E-state index < -0.39 is 9.84 Å². The Bertz CT molecular complexity index is 824. The molecule has 2 fully saturated rings. The summed E-state index contributed by atoms with van der Waals surface area (Å²) < 4.78 is 24.4. The Morgan fingerprint density at radius 3 is 2.38 bits per heavy atom. The highest BCUT2D eigenvalue weighted by Gasteiger charge is 2.50. The minimum atomic E-state index is -3.06. The van der Waals surface area contributed by atoms with Crippen molar-refractivity contribution in [2.24, 2.45) is 10.9 Å². The van der Waals surface area contributed by atoms with Gasteiger partial charge in [-0.1, -0.05) is 57.7 Å². The van der Waals surface area contributed by atoms with Crippen LogP contribution in [0.1, 0.15) is 38.8 Å². The number of nitrogens with zero attached hydrogens (tertiary/aromatic N) is 2. The van der Waals surface area contributed by atoms with Crippen LogP contribution in [0, 0.1) is 5.92 Å². The molecule has 0 radical (unpaired) electrons. The molecule has 0 N–H and O–H groups in total. The van der Waals surface area contributed by atoms with Gasteiger partial charge in [0.2, 0.25) is 0 Å². The first kappa shape index (κ1) is 19.4. The summed E-state index contributed by atoms with van der Waals surface area (Å²) in [5, 5.41) is 0.595. The van der Waals surface area contributed by atoms with Gasteiger partial charge >= 0.3 is 0 Å². The van der Waals surface area contributed by atoms with Crippen LogP contribution in [0.15, 0.2) is 23.2 Å². The van der Waals surface area contributed by atoms with Gasteiger partial charge in [-0.15, -0.1) is 0 Å². The predicted octanol–water partition coefficient (Wildman–Crippen LogP) is 3.07. The first-order valence-electron chi connectivity index (χ1n) is 9.17. The van der Waals surface area contributed by atoms with Crippen molar-refractivity contribution in [2.75, 3.05) is 16.4 Å². The van der Waals surface area contributed by atoms with Crippen LogP contribution in [0.5, 0.6) is 0 Å². The zero-order valence-corrected chi connectivity index (χ0v) is 17.4. The number of amidine groups is 1. The Labute approximate surface area is 160 Å². The van der Waals surface area contributed by atoms with Gasteiger partial charge in [-0.2, -0.15) is 4.99 Å². The van der Waals surface area contributed by atoms with Gasteiger partial charge in [-0.25, -0.2) is 8.42 Å². The summed E-state index contributed by atoms with van der Waals surface area (Å²) in [6, 6.07) is 6.06.